The number of ether oxygens (including phenoxy) is 1. The molecule has 1 aliphatic rings. The molecule has 9 heteroatoms. The predicted molar refractivity (Wildman–Crippen MR) is 110 cm³/mol. The average Bonchev–Trinajstić information content (AvgIpc) is 3.44. The third kappa shape index (κ3) is 3.97. The lowest BCUT2D eigenvalue weighted by Crippen LogP contribution is -2.32. The van der Waals surface area contributed by atoms with Gasteiger partial charge >= 0.3 is 0 Å². The zero-order valence-electron chi connectivity index (χ0n) is 17.3. The second-order valence-electron chi connectivity index (χ2n) is 8.39. The molecule has 0 aromatic carbocycles. The summed E-state index contributed by atoms with van der Waals surface area (Å²) in [5.41, 5.74) is 2.47. The number of hydrogen-bond donors (Lipinski definition) is 1. The molecule has 3 aromatic rings. The van der Waals surface area contributed by atoms with Gasteiger partial charge in [0.05, 0.1) is 19.5 Å². The molecule has 1 fully saturated rings. The summed E-state index contributed by atoms with van der Waals surface area (Å²) in [6, 6.07) is 2.09. The Morgan fingerprint density at radius 2 is 2.17 bits per heavy atom. The number of nitrogens with zero attached hydrogens (tertiary/aromatic N) is 7. The third-order valence-electron chi connectivity index (χ3n) is 5.81. The molecule has 0 aliphatic carbocycles. The van der Waals surface area contributed by atoms with Gasteiger partial charge in [-0.3, -0.25) is 4.68 Å². The topological polar surface area (TPSA) is 94.1 Å². The maximum atomic E-state index is 9.81. The number of aliphatic hydroxyl groups excluding tert-OH is 1. The SMILES string of the molecule is COCC(C)(CO)Cn1cnc2c(N3CCC(Cc4ccnn4C)C3)ncnc21. The van der Waals surface area contributed by atoms with Gasteiger partial charge in [0.2, 0.25) is 0 Å². The summed E-state index contributed by atoms with van der Waals surface area (Å²) in [5.74, 6) is 1.45. The monoisotopic (exact) mass is 399 g/mol. The zero-order chi connectivity index (χ0) is 20.4. The number of rotatable bonds is 8. The number of methoxy groups -OCH3 is 1. The molecule has 9 nitrogen and oxygen atoms in total. The van der Waals surface area contributed by atoms with Crippen molar-refractivity contribution in [2.45, 2.75) is 26.3 Å². The highest BCUT2D eigenvalue weighted by Crippen LogP contribution is 2.30. The van der Waals surface area contributed by atoms with Crippen molar-refractivity contribution in [2.75, 3.05) is 38.3 Å². The van der Waals surface area contributed by atoms with Crippen molar-refractivity contribution in [2.24, 2.45) is 18.4 Å². The van der Waals surface area contributed by atoms with Crippen LogP contribution < -0.4 is 4.90 Å². The Labute approximate surface area is 170 Å². The third-order valence-corrected chi connectivity index (χ3v) is 5.81. The fraction of sp³-hybridized carbons (Fsp3) is 0.600. The molecule has 0 radical (unpaired) electrons. The van der Waals surface area contributed by atoms with E-state index in [1.54, 1.807) is 19.8 Å². The van der Waals surface area contributed by atoms with Crippen molar-refractivity contribution in [1.82, 2.24) is 29.3 Å². The van der Waals surface area contributed by atoms with E-state index in [4.69, 9.17) is 4.74 Å². The van der Waals surface area contributed by atoms with Crippen molar-refractivity contribution < 1.29 is 9.84 Å². The number of aryl methyl sites for hydroxylation is 1. The van der Waals surface area contributed by atoms with Crippen LogP contribution >= 0.6 is 0 Å². The Morgan fingerprint density at radius 1 is 1.31 bits per heavy atom. The van der Waals surface area contributed by atoms with Crippen LogP contribution in [0.1, 0.15) is 19.0 Å². The van der Waals surface area contributed by atoms with E-state index >= 15 is 0 Å². The van der Waals surface area contributed by atoms with Crippen LogP contribution in [0.15, 0.2) is 24.9 Å². The maximum Gasteiger partial charge on any atom is 0.165 e. The van der Waals surface area contributed by atoms with E-state index < -0.39 is 5.41 Å². The number of fused-ring (bicyclic) bond motifs is 1. The molecule has 156 valence electrons. The van der Waals surface area contributed by atoms with Crippen molar-refractivity contribution >= 4 is 17.0 Å². The van der Waals surface area contributed by atoms with Gasteiger partial charge in [-0.2, -0.15) is 5.10 Å². The van der Waals surface area contributed by atoms with E-state index in [1.807, 2.05) is 29.4 Å². The largest absolute Gasteiger partial charge is 0.396 e. The minimum Gasteiger partial charge on any atom is -0.396 e. The molecular weight excluding hydrogens is 370 g/mol. The number of hydrogen-bond acceptors (Lipinski definition) is 7. The van der Waals surface area contributed by atoms with Gasteiger partial charge in [-0.25, -0.2) is 15.0 Å². The summed E-state index contributed by atoms with van der Waals surface area (Å²) in [4.78, 5) is 15.9. The van der Waals surface area contributed by atoms with Crippen LogP contribution in [-0.4, -0.2) is 67.8 Å². The summed E-state index contributed by atoms with van der Waals surface area (Å²) >= 11 is 0. The molecule has 0 amide bonds. The Morgan fingerprint density at radius 3 is 2.90 bits per heavy atom. The summed E-state index contributed by atoms with van der Waals surface area (Å²) in [6.07, 6.45) is 7.38. The number of aliphatic hydroxyl groups is 1. The fourth-order valence-corrected chi connectivity index (χ4v) is 4.21. The van der Waals surface area contributed by atoms with Crippen LogP contribution in [0.5, 0.6) is 0 Å². The molecule has 1 N–H and O–H groups in total. The number of anilines is 1. The first-order chi connectivity index (χ1) is 14.0. The molecule has 0 bridgehead atoms. The van der Waals surface area contributed by atoms with Gasteiger partial charge < -0.3 is 19.3 Å². The van der Waals surface area contributed by atoms with Crippen molar-refractivity contribution in [3.05, 3.63) is 30.6 Å². The van der Waals surface area contributed by atoms with Crippen LogP contribution in [-0.2, 0) is 24.8 Å². The van der Waals surface area contributed by atoms with Gasteiger partial charge in [0.1, 0.15) is 6.33 Å². The molecule has 3 aromatic heterocycles. The first-order valence-corrected chi connectivity index (χ1v) is 10.0. The van der Waals surface area contributed by atoms with Crippen LogP contribution in [0, 0.1) is 11.3 Å². The Balaban J connectivity index is 1.53. The van der Waals surface area contributed by atoms with Gasteiger partial charge in [0.15, 0.2) is 17.0 Å². The van der Waals surface area contributed by atoms with Gasteiger partial charge in [0.25, 0.3) is 0 Å². The minimum absolute atomic E-state index is 0.0280. The lowest BCUT2D eigenvalue weighted by molar-refractivity contribution is 0.0309. The number of imidazole rings is 1. The minimum atomic E-state index is -0.394. The molecule has 2 unspecified atom stereocenters. The van der Waals surface area contributed by atoms with E-state index in [9.17, 15) is 5.11 Å². The predicted octanol–water partition coefficient (Wildman–Crippen LogP) is 1.27. The van der Waals surface area contributed by atoms with E-state index in [-0.39, 0.29) is 6.61 Å². The van der Waals surface area contributed by atoms with Crippen LogP contribution in [0.2, 0.25) is 0 Å². The maximum absolute atomic E-state index is 9.81. The lowest BCUT2D eigenvalue weighted by Gasteiger charge is -2.26. The standard InChI is InChI=1S/C20H29N7O2/c1-20(11-28,12-29-3)10-27-14-23-17-18(21-13-22-19(17)27)26-7-5-15(9-26)8-16-4-6-24-25(16)2/h4,6,13-15,28H,5,7-12H2,1-3H3. The van der Waals surface area contributed by atoms with Crippen LogP contribution in [0.25, 0.3) is 11.2 Å². The van der Waals surface area contributed by atoms with Crippen molar-refractivity contribution in [1.29, 1.82) is 0 Å². The van der Waals surface area contributed by atoms with Gasteiger partial charge in [-0.15, -0.1) is 0 Å². The zero-order valence-corrected chi connectivity index (χ0v) is 17.3. The van der Waals surface area contributed by atoms with E-state index in [1.165, 1.54) is 5.69 Å². The molecule has 4 rings (SSSR count). The van der Waals surface area contributed by atoms with Crippen LogP contribution in [0.3, 0.4) is 0 Å². The van der Waals surface area contributed by atoms with Gasteiger partial charge in [0, 0.05) is 51.1 Å². The second-order valence-corrected chi connectivity index (χ2v) is 8.39. The highest BCUT2D eigenvalue weighted by Gasteiger charge is 2.29. The van der Waals surface area contributed by atoms with E-state index in [2.05, 4.69) is 31.0 Å². The summed E-state index contributed by atoms with van der Waals surface area (Å²) < 4.78 is 9.22. The molecule has 29 heavy (non-hydrogen) atoms. The molecular formula is C20H29N7O2. The second kappa shape index (κ2) is 8.08. The van der Waals surface area contributed by atoms with Crippen molar-refractivity contribution in [3.8, 4) is 0 Å². The summed E-state index contributed by atoms with van der Waals surface area (Å²) in [7, 11) is 3.64. The number of aromatic nitrogens is 6. The molecule has 1 aliphatic heterocycles. The van der Waals surface area contributed by atoms with Crippen LogP contribution in [0.4, 0.5) is 5.82 Å². The quantitative estimate of drug-likeness (QED) is 0.610. The molecule has 1 saturated heterocycles. The first kappa shape index (κ1) is 19.8. The van der Waals surface area contributed by atoms with E-state index in [0.29, 0.717) is 19.1 Å². The summed E-state index contributed by atoms with van der Waals surface area (Å²) in [6.45, 7) is 4.96. The summed E-state index contributed by atoms with van der Waals surface area (Å²) in [5, 5.41) is 14.1. The molecule has 2 atom stereocenters. The smallest absolute Gasteiger partial charge is 0.165 e. The van der Waals surface area contributed by atoms with E-state index in [0.717, 1.165) is 42.9 Å². The Bertz CT molecular complexity index is 969. The Hall–Kier alpha value is -2.52. The highest BCUT2D eigenvalue weighted by atomic mass is 16.5. The molecule has 0 spiro atoms. The Kier molecular flexibility index (Phi) is 5.51. The average molecular weight is 399 g/mol. The molecule has 0 saturated carbocycles. The normalized spacial score (nSPS) is 19.2. The van der Waals surface area contributed by atoms with Gasteiger partial charge in [-0.05, 0) is 24.8 Å². The van der Waals surface area contributed by atoms with Crippen molar-refractivity contribution in [3.63, 3.8) is 0 Å². The van der Waals surface area contributed by atoms with Gasteiger partial charge in [-0.1, -0.05) is 6.92 Å². The molecule has 4 heterocycles. The lowest BCUT2D eigenvalue weighted by atomic mass is 9.93. The highest BCUT2D eigenvalue weighted by molar-refractivity contribution is 5.83. The first-order valence-electron chi connectivity index (χ1n) is 10.0. The fourth-order valence-electron chi connectivity index (χ4n) is 4.21.